The Hall–Kier alpha value is -1.21. The van der Waals surface area contributed by atoms with Crippen LogP contribution in [0.25, 0.3) is 0 Å². The lowest BCUT2D eigenvalue weighted by atomic mass is 10.1. The molecule has 1 N–H and O–H groups in total. The number of carbonyl (C=O) groups is 2. The van der Waals surface area contributed by atoms with Crippen LogP contribution in [0, 0.1) is 0 Å². The Morgan fingerprint density at radius 1 is 1.29 bits per heavy atom. The largest absolute Gasteiger partial charge is 0.510 e. The zero-order valence-corrected chi connectivity index (χ0v) is 15.1. The van der Waals surface area contributed by atoms with Gasteiger partial charge in [0.25, 0.3) is 0 Å². The van der Waals surface area contributed by atoms with Crippen molar-refractivity contribution < 1.29 is 24.2 Å². The second kappa shape index (κ2) is 8.25. The van der Waals surface area contributed by atoms with E-state index in [1.165, 1.54) is 17.0 Å². The summed E-state index contributed by atoms with van der Waals surface area (Å²) < 4.78 is 9.77. The number of likely N-dealkylation sites (tertiary alicyclic amines) is 1. The second-order valence-corrected chi connectivity index (χ2v) is 6.47. The molecule has 1 aliphatic rings. The maximum Gasteiger partial charge on any atom is 0.510 e. The van der Waals surface area contributed by atoms with Crippen LogP contribution in [0.5, 0.6) is 0 Å². The Balaban J connectivity index is 2.11. The number of aliphatic hydroxyl groups excluding tert-OH is 1. The Bertz CT molecular complexity index is 617. The smallest absolute Gasteiger partial charge is 0.435 e. The molecule has 1 saturated heterocycles. The highest BCUT2D eigenvalue weighted by atomic mass is 35.5. The maximum absolute atomic E-state index is 12.5. The van der Waals surface area contributed by atoms with E-state index >= 15 is 0 Å². The van der Waals surface area contributed by atoms with Crippen molar-refractivity contribution in [1.29, 1.82) is 0 Å². The minimum Gasteiger partial charge on any atom is -0.435 e. The zero-order valence-electron chi connectivity index (χ0n) is 12.8. The first kappa shape index (κ1) is 19.1. The number of benzene rings is 1. The summed E-state index contributed by atoms with van der Waals surface area (Å²) in [5.74, 6) is -0.382. The zero-order chi connectivity index (χ0) is 17.9. The number of β-amino-alcohol motifs (C(OH)–C–C–N with tert-alkyl or cyclic N) is 1. The maximum atomic E-state index is 12.5. The van der Waals surface area contributed by atoms with E-state index in [1.807, 2.05) is 0 Å². The standard InChI is InChI=1S/C15H16Cl3NO5/c1-2-23-15(22)24-14-5-9(20)7-19(14)13(21)6-10-11(17)3-8(16)4-12(10)18/h3-4,9,14,20H,2,5-7H2,1H3. The molecule has 0 bridgehead atoms. The first-order chi connectivity index (χ1) is 11.3. The van der Waals surface area contributed by atoms with Gasteiger partial charge in [0.2, 0.25) is 5.91 Å². The van der Waals surface area contributed by atoms with E-state index in [9.17, 15) is 14.7 Å². The molecular formula is C15H16Cl3NO5. The summed E-state index contributed by atoms with van der Waals surface area (Å²) in [7, 11) is 0. The van der Waals surface area contributed by atoms with Crippen LogP contribution in [0.1, 0.15) is 18.9 Å². The third-order valence-corrected chi connectivity index (χ3v) is 4.37. The Labute approximate surface area is 154 Å². The van der Waals surface area contributed by atoms with Crippen molar-refractivity contribution in [2.75, 3.05) is 13.2 Å². The SMILES string of the molecule is CCOC(=O)OC1CC(O)CN1C(=O)Cc1c(Cl)cc(Cl)cc1Cl. The van der Waals surface area contributed by atoms with Crippen LogP contribution < -0.4 is 0 Å². The second-order valence-electron chi connectivity index (χ2n) is 5.22. The van der Waals surface area contributed by atoms with Crippen molar-refractivity contribution >= 4 is 46.9 Å². The Kier molecular flexibility index (Phi) is 6.57. The molecule has 1 heterocycles. The Morgan fingerprint density at radius 2 is 1.92 bits per heavy atom. The molecular weight excluding hydrogens is 381 g/mol. The topological polar surface area (TPSA) is 76.1 Å². The fourth-order valence-corrected chi connectivity index (χ4v) is 3.36. The van der Waals surface area contributed by atoms with Crippen LogP contribution in [-0.2, 0) is 20.7 Å². The molecule has 24 heavy (non-hydrogen) atoms. The summed E-state index contributed by atoms with van der Waals surface area (Å²) in [6, 6.07) is 2.98. The minimum absolute atomic E-state index is 0.0474. The number of ether oxygens (including phenoxy) is 2. The number of hydrogen-bond donors (Lipinski definition) is 1. The van der Waals surface area contributed by atoms with Gasteiger partial charge >= 0.3 is 6.16 Å². The lowest BCUT2D eigenvalue weighted by Crippen LogP contribution is -2.39. The molecule has 6 nitrogen and oxygen atoms in total. The van der Waals surface area contributed by atoms with Gasteiger partial charge in [0.15, 0.2) is 6.23 Å². The van der Waals surface area contributed by atoms with Crippen LogP contribution in [0.15, 0.2) is 12.1 Å². The summed E-state index contributed by atoms with van der Waals surface area (Å²) >= 11 is 18.0. The van der Waals surface area contributed by atoms with Gasteiger partial charge in [-0.1, -0.05) is 34.8 Å². The average Bonchev–Trinajstić information content (AvgIpc) is 2.83. The molecule has 0 aromatic heterocycles. The lowest BCUT2D eigenvalue weighted by molar-refractivity contribution is -0.138. The number of hydrogen-bond acceptors (Lipinski definition) is 5. The summed E-state index contributed by atoms with van der Waals surface area (Å²) in [5.41, 5.74) is 0.420. The van der Waals surface area contributed by atoms with E-state index in [4.69, 9.17) is 44.3 Å². The van der Waals surface area contributed by atoms with Crippen LogP contribution in [0.3, 0.4) is 0 Å². The number of carbonyl (C=O) groups excluding carboxylic acids is 2. The number of nitrogens with zero attached hydrogens (tertiary/aromatic N) is 1. The first-order valence-electron chi connectivity index (χ1n) is 7.26. The summed E-state index contributed by atoms with van der Waals surface area (Å²) in [5, 5.41) is 10.7. The van der Waals surface area contributed by atoms with E-state index in [1.54, 1.807) is 6.92 Å². The highest BCUT2D eigenvalue weighted by Crippen LogP contribution is 2.30. The molecule has 2 rings (SSSR count). The molecule has 2 unspecified atom stereocenters. The van der Waals surface area contributed by atoms with Gasteiger partial charge < -0.3 is 19.5 Å². The van der Waals surface area contributed by atoms with E-state index in [2.05, 4.69) is 0 Å². The summed E-state index contributed by atoms with van der Waals surface area (Å²) in [6.45, 7) is 1.84. The molecule has 0 spiro atoms. The fourth-order valence-electron chi connectivity index (χ4n) is 2.41. The van der Waals surface area contributed by atoms with Gasteiger partial charge in [-0.05, 0) is 24.6 Å². The fraction of sp³-hybridized carbons (Fsp3) is 0.467. The minimum atomic E-state index is -0.892. The van der Waals surface area contributed by atoms with Crippen molar-refractivity contribution in [1.82, 2.24) is 4.90 Å². The predicted octanol–water partition coefficient (Wildman–Crippen LogP) is 3.28. The predicted molar refractivity (Wildman–Crippen MR) is 89.4 cm³/mol. The van der Waals surface area contributed by atoms with Gasteiger partial charge in [-0.2, -0.15) is 0 Å². The van der Waals surface area contributed by atoms with Gasteiger partial charge in [-0.3, -0.25) is 4.79 Å². The third kappa shape index (κ3) is 4.66. The molecule has 0 radical (unpaired) electrons. The molecule has 1 aliphatic heterocycles. The lowest BCUT2D eigenvalue weighted by Gasteiger charge is -2.24. The van der Waals surface area contributed by atoms with E-state index < -0.39 is 18.5 Å². The quantitative estimate of drug-likeness (QED) is 0.790. The van der Waals surface area contributed by atoms with Gasteiger partial charge in [0.1, 0.15) is 0 Å². The summed E-state index contributed by atoms with van der Waals surface area (Å²) in [6.07, 6.45) is -2.56. The van der Waals surface area contributed by atoms with Gasteiger partial charge in [0, 0.05) is 21.5 Å². The van der Waals surface area contributed by atoms with Crippen molar-refractivity contribution in [3.8, 4) is 0 Å². The Morgan fingerprint density at radius 3 is 2.50 bits per heavy atom. The van der Waals surface area contributed by atoms with Crippen molar-refractivity contribution in [3.05, 3.63) is 32.8 Å². The molecule has 9 heteroatoms. The van der Waals surface area contributed by atoms with E-state index in [0.29, 0.717) is 10.6 Å². The molecule has 1 aromatic rings. The highest BCUT2D eigenvalue weighted by molar-refractivity contribution is 6.39. The van der Waals surface area contributed by atoms with Crippen LogP contribution in [-0.4, -0.2) is 47.6 Å². The van der Waals surface area contributed by atoms with Crippen molar-refractivity contribution in [3.63, 3.8) is 0 Å². The number of rotatable bonds is 4. The highest BCUT2D eigenvalue weighted by Gasteiger charge is 2.37. The van der Waals surface area contributed by atoms with Gasteiger partial charge in [0.05, 0.1) is 25.7 Å². The number of amides is 1. The van der Waals surface area contributed by atoms with Crippen LogP contribution >= 0.6 is 34.8 Å². The monoisotopic (exact) mass is 395 g/mol. The number of aliphatic hydroxyl groups is 1. The number of halogens is 3. The molecule has 1 aromatic carbocycles. The summed E-state index contributed by atoms with van der Waals surface area (Å²) in [4.78, 5) is 25.3. The molecule has 0 saturated carbocycles. The molecule has 2 atom stereocenters. The van der Waals surface area contributed by atoms with Gasteiger partial charge in [-0.15, -0.1) is 0 Å². The van der Waals surface area contributed by atoms with Crippen molar-refractivity contribution in [2.24, 2.45) is 0 Å². The van der Waals surface area contributed by atoms with E-state index in [-0.39, 0.29) is 41.9 Å². The molecule has 1 amide bonds. The van der Waals surface area contributed by atoms with Crippen molar-refractivity contribution in [2.45, 2.75) is 32.1 Å². The normalized spacial score (nSPS) is 20.1. The molecule has 1 fully saturated rings. The van der Waals surface area contributed by atoms with E-state index in [0.717, 1.165) is 0 Å². The molecule has 0 aliphatic carbocycles. The van der Waals surface area contributed by atoms with Crippen LogP contribution in [0.4, 0.5) is 4.79 Å². The average molecular weight is 397 g/mol. The first-order valence-corrected chi connectivity index (χ1v) is 8.39. The van der Waals surface area contributed by atoms with Gasteiger partial charge in [-0.25, -0.2) is 4.79 Å². The van der Waals surface area contributed by atoms with Crippen LogP contribution in [0.2, 0.25) is 15.1 Å². The third-order valence-electron chi connectivity index (χ3n) is 3.48. The molecule has 132 valence electrons.